The van der Waals surface area contributed by atoms with E-state index in [1.807, 2.05) is 0 Å². The molecule has 1 aromatic carbocycles. The fourth-order valence-corrected chi connectivity index (χ4v) is 4.73. The van der Waals surface area contributed by atoms with Crippen molar-refractivity contribution >= 4 is 0 Å². The van der Waals surface area contributed by atoms with E-state index in [1.54, 1.807) is 0 Å². The molecule has 29 heavy (non-hydrogen) atoms. The highest BCUT2D eigenvalue weighted by Crippen LogP contribution is 2.46. The second kappa shape index (κ2) is 7.73. The predicted molar refractivity (Wildman–Crippen MR) is 95.3 cm³/mol. The highest BCUT2D eigenvalue weighted by atomic mass is 19.3. The topological polar surface area (TPSA) is 9.23 Å². The van der Waals surface area contributed by atoms with Gasteiger partial charge in [0, 0.05) is 6.08 Å². The van der Waals surface area contributed by atoms with E-state index in [4.69, 9.17) is 0 Å². The summed E-state index contributed by atoms with van der Waals surface area (Å²) in [5.74, 6) is -4.80. The molecule has 0 aromatic heterocycles. The van der Waals surface area contributed by atoms with E-state index in [1.165, 1.54) is 19.3 Å². The Morgan fingerprint density at radius 2 is 1.41 bits per heavy atom. The zero-order valence-corrected chi connectivity index (χ0v) is 15.8. The molecular weight excluding hydrogens is 394 g/mol. The Balaban J connectivity index is 1.48. The van der Waals surface area contributed by atoms with Crippen LogP contribution in [0.5, 0.6) is 0 Å². The van der Waals surface area contributed by atoms with Crippen LogP contribution in [0.15, 0.2) is 35.6 Å². The lowest BCUT2D eigenvalue weighted by Gasteiger charge is -2.38. The maximum absolute atomic E-state index is 14.5. The van der Waals surface area contributed by atoms with Gasteiger partial charge < -0.3 is 4.74 Å². The van der Waals surface area contributed by atoms with Gasteiger partial charge in [-0.1, -0.05) is 19.3 Å². The summed E-state index contributed by atoms with van der Waals surface area (Å²) in [4.78, 5) is 0. The lowest BCUT2D eigenvalue weighted by Crippen LogP contribution is -2.26. The molecule has 0 unspecified atom stereocenters. The molecule has 7 heteroatoms. The molecule has 0 saturated heterocycles. The van der Waals surface area contributed by atoms with Crippen molar-refractivity contribution in [2.24, 2.45) is 11.8 Å². The fourth-order valence-electron chi connectivity index (χ4n) is 4.73. The summed E-state index contributed by atoms with van der Waals surface area (Å²) >= 11 is 0. The van der Waals surface area contributed by atoms with Crippen molar-refractivity contribution in [3.05, 3.63) is 58.4 Å². The Kier molecular flexibility index (Phi) is 5.42. The van der Waals surface area contributed by atoms with Crippen LogP contribution in [0, 0.1) is 23.5 Å². The Morgan fingerprint density at radius 1 is 0.828 bits per heavy atom. The molecule has 158 valence electrons. The van der Waals surface area contributed by atoms with Gasteiger partial charge in [-0.3, -0.25) is 0 Å². The molecule has 4 rings (SSSR count). The third-order valence-corrected chi connectivity index (χ3v) is 6.55. The normalized spacial score (nSPS) is 25.8. The molecule has 0 spiro atoms. The van der Waals surface area contributed by atoms with E-state index in [-0.39, 0.29) is 5.92 Å². The maximum atomic E-state index is 14.5. The van der Waals surface area contributed by atoms with Gasteiger partial charge in [0.1, 0.15) is 28.8 Å². The van der Waals surface area contributed by atoms with Crippen LogP contribution in [0.4, 0.5) is 26.3 Å². The number of rotatable bonds is 5. The van der Waals surface area contributed by atoms with Crippen LogP contribution in [0.2, 0.25) is 0 Å². The molecular formula is C22H22F6O. The smallest absolute Gasteiger partial charge is 0.432 e. The first-order valence-electron chi connectivity index (χ1n) is 10.1. The molecule has 0 amide bonds. The molecule has 1 aromatic rings. The minimum absolute atomic E-state index is 0.0659. The maximum Gasteiger partial charge on any atom is 0.432 e. The van der Waals surface area contributed by atoms with Crippen LogP contribution >= 0.6 is 0 Å². The largest absolute Gasteiger partial charge is 0.433 e. The first-order valence-corrected chi connectivity index (χ1v) is 10.1. The van der Waals surface area contributed by atoms with Crippen molar-refractivity contribution in [3.63, 3.8) is 0 Å². The molecule has 0 bridgehead atoms. The van der Waals surface area contributed by atoms with E-state index < -0.39 is 47.1 Å². The van der Waals surface area contributed by atoms with Gasteiger partial charge >= 0.3 is 6.11 Å². The average Bonchev–Trinajstić information content (AvgIpc) is 2.89. The van der Waals surface area contributed by atoms with E-state index in [9.17, 15) is 26.3 Å². The molecule has 3 aliphatic rings. The van der Waals surface area contributed by atoms with E-state index in [0.717, 1.165) is 43.7 Å². The van der Waals surface area contributed by atoms with Crippen molar-refractivity contribution in [3.8, 4) is 0 Å². The number of allylic oxidation sites excluding steroid dienone is 3. The number of halogens is 6. The highest BCUT2D eigenvalue weighted by molar-refractivity contribution is 5.33. The molecule has 2 saturated carbocycles. The lowest BCUT2D eigenvalue weighted by atomic mass is 9.67. The van der Waals surface area contributed by atoms with Crippen LogP contribution in [0.3, 0.4) is 0 Å². The van der Waals surface area contributed by atoms with E-state index >= 15 is 0 Å². The Labute approximate surface area is 165 Å². The first-order chi connectivity index (χ1) is 13.7. The van der Waals surface area contributed by atoms with E-state index in [2.05, 4.69) is 4.74 Å². The summed E-state index contributed by atoms with van der Waals surface area (Å²) in [5, 5.41) is 0. The van der Waals surface area contributed by atoms with Crippen LogP contribution in [-0.4, -0.2) is 0 Å². The van der Waals surface area contributed by atoms with Crippen LogP contribution in [-0.2, 0) is 10.8 Å². The number of hydrogen-bond acceptors (Lipinski definition) is 1. The summed E-state index contributed by atoms with van der Waals surface area (Å²) in [6.45, 7) is 0. The van der Waals surface area contributed by atoms with Crippen molar-refractivity contribution in [1.29, 1.82) is 0 Å². The average molecular weight is 416 g/mol. The number of alkyl halides is 2. The highest BCUT2D eigenvalue weighted by Gasteiger charge is 2.43. The molecule has 0 aliphatic heterocycles. The van der Waals surface area contributed by atoms with E-state index in [0.29, 0.717) is 17.6 Å². The van der Waals surface area contributed by atoms with Crippen molar-refractivity contribution < 1.29 is 31.1 Å². The summed E-state index contributed by atoms with van der Waals surface area (Å²) in [7, 11) is 0. The molecule has 2 fully saturated rings. The van der Waals surface area contributed by atoms with Crippen LogP contribution < -0.4 is 0 Å². The summed E-state index contributed by atoms with van der Waals surface area (Å²) in [5.41, 5.74) is -1.18. The predicted octanol–water partition coefficient (Wildman–Crippen LogP) is 7.54. The fraction of sp³-hybridized carbons (Fsp3) is 0.545. The van der Waals surface area contributed by atoms with Crippen molar-refractivity contribution in [2.45, 2.75) is 63.4 Å². The van der Waals surface area contributed by atoms with Gasteiger partial charge in [0.2, 0.25) is 0 Å². The first kappa shape index (κ1) is 20.4. The van der Waals surface area contributed by atoms with Crippen molar-refractivity contribution in [1.82, 2.24) is 0 Å². The quantitative estimate of drug-likeness (QED) is 0.451. The van der Waals surface area contributed by atoms with Gasteiger partial charge in [-0.05, 0) is 61.1 Å². The zero-order chi connectivity index (χ0) is 20.8. The SMILES string of the molecule is FC1=C(F)CC(OC(F)(F)c2c(F)cc(C3CCC(C4CCC4)CC3)cc2F)=C1. The van der Waals surface area contributed by atoms with Gasteiger partial charge in [-0.15, -0.1) is 0 Å². The molecule has 0 heterocycles. The second-order valence-electron chi connectivity index (χ2n) is 8.32. The van der Waals surface area contributed by atoms with Gasteiger partial charge in [0.15, 0.2) is 5.83 Å². The molecule has 0 radical (unpaired) electrons. The minimum Gasteiger partial charge on any atom is -0.433 e. The Hall–Kier alpha value is -1.92. The third-order valence-electron chi connectivity index (χ3n) is 6.55. The second-order valence-corrected chi connectivity index (χ2v) is 8.32. The Bertz CT molecular complexity index is 824. The van der Waals surface area contributed by atoms with Gasteiger partial charge in [0.05, 0.1) is 6.42 Å². The minimum atomic E-state index is -4.38. The van der Waals surface area contributed by atoms with Gasteiger partial charge in [-0.25, -0.2) is 17.6 Å². The summed E-state index contributed by atoms with van der Waals surface area (Å²) in [6.07, 6.45) is 2.56. The molecule has 1 nitrogen and oxygen atoms in total. The Morgan fingerprint density at radius 3 is 1.90 bits per heavy atom. The summed E-state index contributed by atoms with van der Waals surface area (Å²) < 4.78 is 88.0. The summed E-state index contributed by atoms with van der Waals surface area (Å²) in [6, 6.07) is 1.87. The number of ether oxygens (including phenoxy) is 1. The standard InChI is InChI=1S/C22H22F6O/c23-17-10-16(11-18(17)24)29-22(27,28)21-19(25)8-15(9-20(21)26)14-6-4-13(5-7-14)12-2-1-3-12/h8-10,12-14H,1-7,11H2. The van der Waals surface area contributed by atoms with Crippen molar-refractivity contribution in [2.75, 3.05) is 0 Å². The molecule has 0 atom stereocenters. The van der Waals surface area contributed by atoms with Gasteiger partial charge in [0.25, 0.3) is 0 Å². The van der Waals surface area contributed by atoms with Crippen LogP contribution in [0.1, 0.15) is 68.4 Å². The zero-order valence-electron chi connectivity index (χ0n) is 15.8. The molecule has 3 aliphatic carbocycles. The number of benzene rings is 1. The van der Waals surface area contributed by atoms with Crippen LogP contribution in [0.25, 0.3) is 0 Å². The molecule has 0 N–H and O–H groups in total. The lowest BCUT2D eigenvalue weighted by molar-refractivity contribution is -0.228. The third kappa shape index (κ3) is 4.05. The van der Waals surface area contributed by atoms with Gasteiger partial charge in [-0.2, -0.15) is 8.78 Å². The monoisotopic (exact) mass is 416 g/mol. The number of hydrogen-bond donors (Lipinski definition) is 0.